The Morgan fingerprint density at radius 1 is 1.16 bits per heavy atom. The minimum absolute atomic E-state index is 0.196. The van der Waals surface area contributed by atoms with Gasteiger partial charge in [0.1, 0.15) is 17.9 Å². The molecule has 0 aliphatic heterocycles. The number of furan rings is 1. The Morgan fingerprint density at radius 2 is 2.00 bits per heavy atom. The molecule has 5 heteroatoms. The van der Waals surface area contributed by atoms with Gasteiger partial charge in [-0.05, 0) is 43.7 Å². The van der Waals surface area contributed by atoms with Crippen LogP contribution in [0.15, 0.2) is 51.6 Å². The van der Waals surface area contributed by atoms with Crippen LogP contribution < -0.4 is 4.74 Å². The predicted octanol–water partition coefficient (Wildman–Crippen LogP) is 5.19. The van der Waals surface area contributed by atoms with E-state index in [2.05, 4.69) is 15.9 Å². The van der Waals surface area contributed by atoms with Crippen LogP contribution in [-0.4, -0.2) is 12.6 Å². The van der Waals surface area contributed by atoms with Gasteiger partial charge in [-0.15, -0.1) is 0 Å². The molecule has 0 bridgehead atoms. The van der Waals surface area contributed by atoms with E-state index in [1.165, 1.54) is 0 Å². The van der Waals surface area contributed by atoms with Crippen LogP contribution in [0.3, 0.4) is 0 Å². The number of fused-ring (bicyclic) bond motifs is 1. The molecule has 3 aromatic rings. The molecule has 1 heterocycles. The van der Waals surface area contributed by atoms with Crippen molar-refractivity contribution in [1.82, 2.24) is 0 Å². The van der Waals surface area contributed by atoms with E-state index < -0.39 is 0 Å². The van der Waals surface area contributed by atoms with Crippen molar-refractivity contribution in [2.24, 2.45) is 0 Å². The lowest BCUT2D eigenvalue weighted by Crippen LogP contribution is -2.09. The number of hydrogen-bond donors (Lipinski definition) is 0. The van der Waals surface area contributed by atoms with Gasteiger partial charge in [-0.1, -0.05) is 28.1 Å². The van der Waals surface area contributed by atoms with Crippen molar-refractivity contribution in [2.75, 3.05) is 6.61 Å². The molecule has 3 rings (SSSR count). The number of carbonyl (C=O) groups is 1. The monoisotopic (exact) mass is 402 g/mol. The molecule has 0 aliphatic carbocycles. The summed E-state index contributed by atoms with van der Waals surface area (Å²) in [7, 11) is 0. The topological polar surface area (TPSA) is 48.7 Å². The van der Waals surface area contributed by atoms with Crippen LogP contribution in [0.5, 0.6) is 5.75 Å². The quantitative estimate of drug-likeness (QED) is 0.532. The summed E-state index contributed by atoms with van der Waals surface area (Å²) in [6, 6.07) is 11.7. The summed E-state index contributed by atoms with van der Waals surface area (Å²) in [4.78, 5) is 11.8. The highest BCUT2D eigenvalue weighted by Crippen LogP contribution is 2.27. The maximum absolute atomic E-state index is 11.8. The minimum Gasteiger partial charge on any atom is -0.488 e. The number of ether oxygens (including phenoxy) is 2. The highest BCUT2D eigenvalue weighted by atomic mass is 79.9. The largest absolute Gasteiger partial charge is 0.488 e. The molecule has 0 fully saturated rings. The summed E-state index contributed by atoms with van der Waals surface area (Å²) in [5, 5.41) is 1.01. The normalized spacial score (nSPS) is 10.8. The zero-order chi connectivity index (χ0) is 17.8. The maximum atomic E-state index is 11.8. The molecule has 0 N–H and O–H groups in total. The maximum Gasteiger partial charge on any atom is 0.310 e. The molecule has 0 radical (unpaired) electrons. The number of halogens is 1. The van der Waals surface area contributed by atoms with Gasteiger partial charge in [0.2, 0.25) is 0 Å². The molecule has 25 heavy (non-hydrogen) atoms. The molecule has 130 valence electrons. The van der Waals surface area contributed by atoms with E-state index in [1.807, 2.05) is 43.3 Å². The Hall–Kier alpha value is -2.27. The van der Waals surface area contributed by atoms with Gasteiger partial charge in [0.15, 0.2) is 0 Å². The summed E-state index contributed by atoms with van der Waals surface area (Å²) in [6.45, 7) is 4.53. The van der Waals surface area contributed by atoms with Crippen LogP contribution in [0.4, 0.5) is 0 Å². The van der Waals surface area contributed by atoms with Crippen LogP contribution in [0, 0.1) is 6.92 Å². The van der Waals surface area contributed by atoms with E-state index in [1.54, 1.807) is 13.2 Å². The summed E-state index contributed by atoms with van der Waals surface area (Å²) in [5.74, 6) is 0.436. The third-order valence-electron chi connectivity index (χ3n) is 3.86. The lowest BCUT2D eigenvalue weighted by atomic mass is 10.1. The lowest BCUT2D eigenvalue weighted by molar-refractivity contribution is -0.142. The van der Waals surface area contributed by atoms with Crippen LogP contribution in [0.25, 0.3) is 11.0 Å². The summed E-state index contributed by atoms with van der Waals surface area (Å²) in [6.07, 6.45) is 1.90. The number of aryl methyl sites for hydroxylation is 1. The number of carbonyl (C=O) groups excluding carboxylic acids is 1. The van der Waals surface area contributed by atoms with Crippen molar-refractivity contribution in [1.29, 1.82) is 0 Å². The molecule has 0 atom stereocenters. The molecule has 0 spiro atoms. The fraction of sp³-hybridized carbons (Fsp3) is 0.250. The van der Waals surface area contributed by atoms with Gasteiger partial charge in [0, 0.05) is 21.0 Å². The van der Waals surface area contributed by atoms with Gasteiger partial charge < -0.3 is 13.9 Å². The van der Waals surface area contributed by atoms with E-state index in [9.17, 15) is 4.79 Å². The number of benzene rings is 2. The van der Waals surface area contributed by atoms with Crippen LogP contribution in [0.2, 0.25) is 0 Å². The second-order valence-electron chi connectivity index (χ2n) is 5.78. The predicted molar refractivity (Wildman–Crippen MR) is 99.8 cm³/mol. The van der Waals surface area contributed by atoms with Gasteiger partial charge in [-0.3, -0.25) is 4.79 Å². The zero-order valence-corrected chi connectivity index (χ0v) is 15.8. The fourth-order valence-corrected chi connectivity index (χ4v) is 2.99. The highest BCUT2D eigenvalue weighted by Gasteiger charge is 2.12. The van der Waals surface area contributed by atoms with E-state index in [0.717, 1.165) is 32.1 Å². The van der Waals surface area contributed by atoms with Crippen molar-refractivity contribution < 1.29 is 18.7 Å². The fourth-order valence-electron chi connectivity index (χ4n) is 2.63. The third kappa shape index (κ3) is 4.23. The van der Waals surface area contributed by atoms with Gasteiger partial charge >= 0.3 is 5.97 Å². The summed E-state index contributed by atoms with van der Waals surface area (Å²) >= 11 is 3.48. The summed E-state index contributed by atoms with van der Waals surface area (Å²) in [5.41, 5.74) is 3.66. The molecule has 1 aromatic heterocycles. The molecule has 4 nitrogen and oxygen atoms in total. The molecule has 0 amide bonds. The van der Waals surface area contributed by atoms with Crippen molar-refractivity contribution in [3.05, 3.63) is 63.8 Å². The molecule has 0 saturated heterocycles. The first-order valence-electron chi connectivity index (χ1n) is 8.10. The van der Waals surface area contributed by atoms with Crippen molar-refractivity contribution >= 4 is 32.9 Å². The second-order valence-corrected chi connectivity index (χ2v) is 6.70. The van der Waals surface area contributed by atoms with Gasteiger partial charge in [-0.25, -0.2) is 0 Å². The second kappa shape index (κ2) is 7.74. The Balaban J connectivity index is 1.80. The average Bonchev–Trinajstić information content (AvgIpc) is 2.97. The highest BCUT2D eigenvalue weighted by molar-refractivity contribution is 9.10. The first-order valence-corrected chi connectivity index (χ1v) is 8.89. The zero-order valence-electron chi connectivity index (χ0n) is 14.2. The first-order chi connectivity index (χ1) is 12.1. The number of hydrogen-bond acceptors (Lipinski definition) is 4. The van der Waals surface area contributed by atoms with E-state index >= 15 is 0 Å². The van der Waals surface area contributed by atoms with E-state index in [4.69, 9.17) is 13.9 Å². The molecule has 2 aromatic carbocycles. The molecule has 0 unspecified atom stereocenters. The average molecular weight is 403 g/mol. The van der Waals surface area contributed by atoms with Crippen LogP contribution in [0.1, 0.15) is 23.6 Å². The lowest BCUT2D eigenvalue weighted by Gasteiger charge is -2.12. The SMILES string of the molecule is CCOC(=O)Cc1ccc(C)cc1OCc1coc2ccc(Br)cc12. The minimum atomic E-state index is -0.256. The van der Waals surface area contributed by atoms with E-state index in [-0.39, 0.29) is 12.4 Å². The van der Waals surface area contributed by atoms with E-state index in [0.29, 0.717) is 19.0 Å². The van der Waals surface area contributed by atoms with Gasteiger partial charge in [-0.2, -0.15) is 0 Å². The molecule has 0 saturated carbocycles. The van der Waals surface area contributed by atoms with Crippen molar-refractivity contribution in [3.8, 4) is 5.75 Å². The smallest absolute Gasteiger partial charge is 0.310 e. The van der Waals surface area contributed by atoms with Crippen molar-refractivity contribution in [2.45, 2.75) is 26.9 Å². The Labute approximate surface area is 154 Å². The number of esters is 1. The van der Waals surface area contributed by atoms with Crippen LogP contribution >= 0.6 is 15.9 Å². The molecular formula is C20H19BrO4. The van der Waals surface area contributed by atoms with Crippen LogP contribution in [-0.2, 0) is 22.6 Å². The standard InChI is InChI=1S/C20H19BrO4/c1-3-23-20(22)9-14-5-4-13(2)8-19(14)25-12-15-11-24-18-7-6-16(21)10-17(15)18/h4-8,10-11H,3,9,12H2,1-2H3. The Bertz CT molecular complexity index is 898. The molecule has 0 aliphatic rings. The Morgan fingerprint density at radius 3 is 2.80 bits per heavy atom. The Kier molecular flexibility index (Phi) is 5.43. The number of rotatable bonds is 6. The van der Waals surface area contributed by atoms with Gasteiger partial charge in [0.05, 0.1) is 19.3 Å². The van der Waals surface area contributed by atoms with Crippen molar-refractivity contribution in [3.63, 3.8) is 0 Å². The first kappa shape index (κ1) is 17.5. The third-order valence-corrected chi connectivity index (χ3v) is 4.35. The van der Waals surface area contributed by atoms with Gasteiger partial charge in [0.25, 0.3) is 0 Å². The summed E-state index contributed by atoms with van der Waals surface area (Å²) < 4.78 is 17.6. The molecular weight excluding hydrogens is 384 g/mol.